The minimum Gasteiger partial charge on any atom is -0.379 e. The molecule has 0 atom stereocenters. The first-order chi connectivity index (χ1) is 19.4. The van der Waals surface area contributed by atoms with Crippen LogP contribution in [0.25, 0.3) is 11.6 Å². The molecule has 0 bridgehead atoms. The molecule has 3 N–H and O–H groups in total. The van der Waals surface area contributed by atoms with Gasteiger partial charge in [0.1, 0.15) is 11.6 Å². The topological polar surface area (TPSA) is 80.5 Å². The van der Waals surface area contributed by atoms with Crippen molar-refractivity contribution in [1.82, 2.24) is 14.8 Å². The molecule has 7 nitrogen and oxygen atoms in total. The van der Waals surface area contributed by atoms with Gasteiger partial charge < -0.3 is 25.4 Å². The van der Waals surface area contributed by atoms with E-state index < -0.39 is 5.82 Å². The Morgan fingerprint density at radius 3 is 2.55 bits per heavy atom. The number of aromatic amines is 1. The van der Waals surface area contributed by atoms with Gasteiger partial charge in [0.2, 0.25) is 0 Å². The van der Waals surface area contributed by atoms with Crippen molar-refractivity contribution in [1.29, 1.82) is 0 Å². The lowest BCUT2D eigenvalue weighted by Crippen LogP contribution is -2.43. The first kappa shape index (κ1) is 26.3. The Balaban J connectivity index is 1.20. The second-order valence-corrected chi connectivity index (χ2v) is 10.8. The summed E-state index contributed by atoms with van der Waals surface area (Å²) >= 11 is 0. The number of carbonyl (C=O) groups is 2. The van der Waals surface area contributed by atoms with Gasteiger partial charge in [0.05, 0.1) is 22.5 Å². The van der Waals surface area contributed by atoms with Gasteiger partial charge in [-0.2, -0.15) is 0 Å². The molecule has 4 heterocycles. The molecule has 9 heteroatoms. The Hall–Kier alpha value is -3.98. The number of H-pyrrole nitrogens is 1. The average Bonchev–Trinajstić information content (AvgIpc) is 3.43. The summed E-state index contributed by atoms with van der Waals surface area (Å²) in [7, 11) is 0. The second kappa shape index (κ2) is 10.9. The predicted molar refractivity (Wildman–Crippen MR) is 152 cm³/mol. The molecule has 2 amide bonds. The van der Waals surface area contributed by atoms with E-state index in [9.17, 15) is 14.0 Å². The Morgan fingerprint density at radius 1 is 1.00 bits per heavy atom. The molecule has 1 aromatic heterocycles. The molecule has 40 heavy (non-hydrogen) atoms. The van der Waals surface area contributed by atoms with Crippen LogP contribution in [0.2, 0.25) is 0 Å². The van der Waals surface area contributed by atoms with E-state index in [1.54, 1.807) is 24.3 Å². The fourth-order valence-corrected chi connectivity index (χ4v) is 5.90. The van der Waals surface area contributed by atoms with Crippen LogP contribution in [0, 0.1) is 18.6 Å². The zero-order valence-corrected chi connectivity index (χ0v) is 22.6. The zero-order valence-electron chi connectivity index (χ0n) is 22.6. The van der Waals surface area contributed by atoms with E-state index in [0.29, 0.717) is 47.7 Å². The third kappa shape index (κ3) is 5.13. The van der Waals surface area contributed by atoms with Crippen molar-refractivity contribution in [3.05, 3.63) is 81.7 Å². The first-order valence-corrected chi connectivity index (χ1v) is 14.0. The lowest BCUT2D eigenvalue weighted by atomic mass is 10.0. The number of benzene rings is 2. The van der Waals surface area contributed by atoms with Gasteiger partial charge in [0.25, 0.3) is 11.8 Å². The number of carbonyl (C=O) groups excluding carboxylic acids is 2. The minimum atomic E-state index is -0.495. The SMILES string of the molecule is Cc1c(/C=C2\C(=O)Nc3cc(NCc4ccc(F)cc4)c(F)cc32)[nH]c2c1C(=O)N(CCN1CCCCC1)CC2. The highest BCUT2D eigenvalue weighted by Crippen LogP contribution is 2.37. The van der Waals surface area contributed by atoms with Gasteiger partial charge in [-0.05, 0) is 74.3 Å². The highest BCUT2D eigenvalue weighted by molar-refractivity contribution is 6.35. The zero-order chi connectivity index (χ0) is 27.8. The third-order valence-corrected chi connectivity index (χ3v) is 8.21. The van der Waals surface area contributed by atoms with Gasteiger partial charge in [-0.25, -0.2) is 8.78 Å². The van der Waals surface area contributed by atoms with E-state index in [1.165, 1.54) is 37.5 Å². The van der Waals surface area contributed by atoms with E-state index in [2.05, 4.69) is 20.5 Å². The average molecular weight is 546 g/mol. The molecular formula is C31H33F2N5O2. The smallest absolute Gasteiger partial charge is 0.256 e. The quantitative estimate of drug-likeness (QED) is 0.357. The number of likely N-dealkylation sites (tertiary alicyclic amines) is 1. The molecule has 0 spiro atoms. The van der Waals surface area contributed by atoms with Crippen LogP contribution in [0.5, 0.6) is 0 Å². The fourth-order valence-electron chi connectivity index (χ4n) is 5.90. The van der Waals surface area contributed by atoms with Crippen LogP contribution in [-0.4, -0.2) is 59.3 Å². The van der Waals surface area contributed by atoms with Crippen molar-refractivity contribution in [2.24, 2.45) is 0 Å². The Bertz CT molecular complexity index is 1490. The summed E-state index contributed by atoms with van der Waals surface area (Å²) in [6, 6.07) is 8.89. The van der Waals surface area contributed by atoms with E-state index >= 15 is 4.39 Å². The van der Waals surface area contributed by atoms with Crippen LogP contribution in [0.3, 0.4) is 0 Å². The highest BCUT2D eigenvalue weighted by atomic mass is 19.1. The van der Waals surface area contributed by atoms with Crippen molar-refractivity contribution in [2.75, 3.05) is 43.4 Å². The number of hydrogen-bond acceptors (Lipinski definition) is 4. The van der Waals surface area contributed by atoms with Crippen LogP contribution >= 0.6 is 0 Å². The Morgan fingerprint density at radius 2 is 1.77 bits per heavy atom. The van der Waals surface area contributed by atoms with E-state index in [4.69, 9.17) is 0 Å². The van der Waals surface area contributed by atoms with Gasteiger partial charge in [-0.1, -0.05) is 18.6 Å². The molecule has 3 aromatic rings. The lowest BCUT2D eigenvalue weighted by Gasteiger charge is -2.32. The molecule has 3 aliphatic rings. The minimum absolute atomic E-state index is 0.0239. The number of nitrogens with one attached hydrogen (secondary N) is 3. The number of rotatable bonds is 7. The lowest BCUT2D eigenvalue weighted by molar-refractivity contribution is -0.110. The van der Waals surface area contributed by atoms with Gasteiger partial charge >= 0.3 is 0 Å². The van der Waals surface area contributed by atoms with Gasteiger partial charge in [-0.15, -0.1) is 0 Å². The number of nitrogens with zero attached hydrogens (tertiary/aromatic N) is 2. The number of piperidine rings is 1. The third-order valence-electron chi connectivity index (χ3n) is 8.21. The summed E-state index contributed by atoms with van der Waals surface area (Å²) in [5.74, 6) is -1.13. The number of halogens is 2. The fraction of sp³-hybridized carbons (Fsp3) is 0.355. The van der Waals surface area contributed by atoms with Crippen LogP contribution in [0.1, 0.15) is 57.7 Å². The maximum atomic E-state index is 15.1. The molecule has 1 fully saturated rings. The van der Waals surface area contributed by atoms with E-state index in [0.717, 1.165) is 42.9 Å². The van der Waals surface area contributed by atoms with Crippen LogP contribution in [0.4, 0.5) is 20.2 Å². The summed E-state index contributed by atoms with van der Waals surface area (Å²) in [6.07, 6.45) is 6.17. The molecule has 0 unspecified atom stereocenters. The van der Waals surface area contributed by atoms with Crippen molar-refractivity contribution in [2.45, 2.75) is 39.2 Å². The van der Waals surface area contributed by atoms with Crippen LogP contribution in [-0.2, 0) is 17.8 Å². The number of fused-ring (bicyclic) bond motifs is 2. The summed E-state index contributed by atoms with van der Waals surface area (Å²) in [5.41, 5.74) is 5.42. The van der Waals surface area contributed by atoms with Crippen molar-refractivity contribution < 1.29 is 18.4 Å². The maximum absolute atomic E-state index is 15.1. The van der Waals surface area contributed by atoms with Crippen LogP contribution in [0.15, 0.2) is 36.4 Å². The Labute approximate surface area is 232 Å². The van der Waals surface area contributed by atoms with Crippen molar-refractivity contribution >= 4 is 34.8 Å². The molecule has 208 valence electrons. The molecule has 0 aliphatic carbocycles. The van der Waals surface area contributed by atoms with E-state index in [1.807, 2.05) is 11.8 Å². The Kier molecular flexibility index (Phi) is 7.14. The normalized spacial score (nSPS) is 18.2. The summed E-state index contributed by atoms with van der Waals surface area (Å²) in [6.45, 7) is 6.68. The van der Waals surface area contributed by atoms with Gasteiger partial charge in [0.15, 0.2) is 0 Å². The first-order valence-electron chi connectivity index (χ1n) is 14.0. The highest BCUT2D eigenvalue weighted by Gasteiger charge is 2.31. The molecule has 1 saturated heterocycles. The largest absolute Gasteiger partial charge is 0.379 e. The van der Waals surface area contributed by atoms with Gasteiger partial charge in [-0.3, -0.25) is 9.59 Å². The summed E-state index contributed by atoms with van der Waals surface area (Å²) in [4.78, 5) is 34.0. The summed E-state index contributed by atoms with van der Waals surface area (Å²) in [5, 5.41) is 5.85. The molecule has 0 saturated carbocycles. The predicted octanol–water partition coefficient (Wildman–Crippen LogP) is 5.19. The van der Waals surface area contributed by atoms with Crippen molar-refractivity contribution in [3.63, 3.8) is 0 Å². The second-order valence-electron chi connectivity index (χ2n) is 10.8. The number of amides is 2. The van der Waals surface area contributed by atoms with Gasteiger partial charge in [0, 0.05) is 49.6 Å². The molecule has 6 rings (SSSR count). The number of hydrogen-bond donors (Lipinski definition) is 3. The maximum Gasteiger partial charge on any atom is 0.256 e. The molecule has 2 aromatic carbocycles. The standard InChI is InChI=1S/C31H33F2N5O2/c1-19-26(35-25-9-12-38(31(40)29(19)25)14-13-37-10-3-2-4-11-37)16-23-22-15-24(33)28(17-27(22)36-30(23)39)34-18-20-5-7-21(32)8-6-20/h5-8,15-17,34-35H,2-4,9-14,18H2,1H3,(H,36,39)/b23-16-. The molecule has 3 aliphatic heterocycles. The molecule has 0 radical (unpaired) electrons. The number of aromatic nitrogens is 1. The monoisotopic (exact) mass is 545 g/mol. The molecular weight excluding hydrogens is 512 g/mol. The van der Waals surface area contributed by atoms with E-state index in [-0.39, 0.29) is 23.3 Å². The number of anilines is 2. The van der Waals surface area contributed by atoms with Crippen LogP contribution < -0.4 is 10.6 Å². The van der Waals surface area contributed by atoms with Crippen molar-refractivity contribution in [3.8, 4) is 0 Å². The summed E-state index contributed by atoms with van der Waals surface area (Å²) < 4.78 is 28.2.